The second-order valence-corrected chi connectivity index (χ2v) is 10.4. The van der Waals surface area contributed by atoms with E-state index < -0.39 is 15.8 Å². The number of rotatable bonds is 4. The molecule has 0 aromatic heterocycles. The molecule has 4 rings (SSSR count). The highest BCUT2D eigenvalue weighted by Gasteiger charge is 2.38. The summed E-state index contributed by atoms with van der Waals surface area (Å²) in [6, 6.07) is 4.81. The highest BCUT2D eigenvalue weighted by molar-refractivity contribution is 7.89. The first-order chi connectivity index (χ1) is 14.4. The quantitative estimate of drug-likeness (QED) is 0.718. The zero-order chi connectivity index (χ0) is 21.3. The Bertz CT molecular complexity index is 901. The molecule has 0 bridgehead atoms. The van der Waals surface area contributed by atoms with Gasteiger partial charge in [0.05, 0.1) is 10.8 Å². The topological polar surface area (TPSA) is 78.0 Å². The van der Waals surface area contributed by atoms with Crippen LogP contribution in [0.3, 0.4) is 0 Å². The molecule has 1 saturated carbocycles. The van der Waals surface area contributed by atoms with Gasteiger partial charge in [-0.3, -0.25) is 9.59 Å². The predicted molar refractivity (Wildman–Crippen MR) is 108 cm³/mol. The van der Waals surface area contributed by atoms with E-state index in [1.165, 1.54) is 16.4 Å². The van der Waals surface area contributed by atoms with Gasteiger partial charge in [-0.25, -0.2) is 12.8 Å². The van der Waals surface area contributed by atoms with Crippen molar-refractivity contribution >= 4 is 21.8 Å². The first-order valence-corrected chi connectivity index (χ1v) is 12.1. The molecule has 2 amide bonds. The van der Waals surface area contributed by atoms with E-state index in [4.69, 9.17) is 0 Å². The van der Waals surface area contributed by atoms with E-state index in [1.54, 1.807) is 4.90 Å². The Morgan fingerprint density at radius 1 is 0.800 bits per heavy atom. The standard InChI is InChI=1S/C21H28FN3O4S/c22-18-6-8-19(9-7-18)30(28,29)25-12-2-11-23(13-14-25)21(27)17-3-1-10-24(15-17)20(26)16-4-5-16/h6-9,16-17H,1-5,10-15H2. The summed E-state index contributed by atoms with van der Waals surface area (Å²) in [7, 11) is -3.72. The van der Waals surface area contributed by atoms with Crippen molar-refractivity contribution in [2.24, 2.45) is 11.8 Å². The highest BCUT2D eigenvalue weighted by Crippen LogP contribution is 2.33. The van der Waals surface area contributed by atoms with Gasteiger partial charge in [-0.15, -0.1) is 0 Å². The second kappa shape index (κ2) is 8.63. The fourth-order valence-corrected chi connectivity index (χ4v) is 5.81. The molecule has 3 aliphatic rings. The maximum absolute atomic E-state index is 13.1. The van der Waals surface area contributed by atoms with E-state index in [1.807, 2.05) is 4.90 Å². The number of benzene rings is 1. The normalized spacial score (nSPS) is 23.8. The molecule has 1 atom stereocenters. The van der Waals surface area contributed by atoms with Gasteiger partial charge in [0.1, 0.15) is 5.82 Å². The molecule has 1 aliphatic carbocycles. The van der Waals surface area contributed by atoms with Crippen molar-refractivity contribution in [1.29, 1.82) is 0 Å². The van der Waals surface area contributed by atoms with E-state index >= 15 is 0 Å². The van der Waals surface area contributed by atoms with Crippen LogP contribution in [0.2, 0.25) is 0 Å². The molecule has 7 nitrogen and oxygen atoms in total. The first kappa shape index (κ1) is 21.2. The summed E-state index contributed by atoms with van der Waals surface area (Å²) >= 11 is 0. The SMILES string of the molecule is O=C(C1CCCN(C(=O)C2CC2)C1)N1CCCN(S(=O)(=O)c2ccc(F)cc2)CC1. The smallest absolute Gasteiger partial charge is 0.243 e. The average Bonchev–Trinajstić information content (AvgIpc) is 3.60. The molecule has 30 heavy (non-hydrogen) atoms. The second-order valence-electron chi connectivity index (χ2n) is 8.43. The molecule has 1 unspecified atom stereocenters. The summed E-state index contributed by atoms with van der Waals surface area (Å²) in [4.78, 5) is 29.1. The van der Waals surface area contributed by atoms with Crippen molar-refractivity contribution in [3.05, 3.63) is 30.1 Å². The lowest BCUT2D eigenvalue weighted by molar-refractivity contribution is -0.141. The van der Waals surface area contributed by atoms with Crippen LogP contribution in [0.5, 0.6) is 0 Å². The Kier molecular flexibility index (Phi) is 6.11. The Morgan fingerprint density at radius 3 is 2.17 bits per heavy atom. The minimum absolute atomic E-state index is 0.0179. The number of likely N-dealkylation sites (tertiary alicyclic amines) is 1. The summed E-state index contributed by atoms with van der Waals surface area (Å²) in [5.41, 5.74) is 0. The van der Waals surface area contributed by atoms with E-state index in [0.717, 1.165) is 44.4 Å². The van der Waals surface area contributed by atoms with Gasteiger partial charge in [0.2, 0.25) is 21.8 Å². The van der Waals surface area contributed by atoms with Crippen molar-refractivity contribution in [2.75, 3.05) is 39.3 Å². The van der Waals surface area contributed by atoms with E-state index in [-0.39, 0.29) is 35.1 Å². The summed E-state index contributed by atoms with van der Waals surface area (Å²) in [5.74, 6) is -0.337. The molecule has 164 valence electrons. The molecular weight excluding hydrogens is 409 g/mol. The van der Waals surface area contributed by atoms with Crippen LogP contribution in [-0.4, -0.2) is 73.6 Å². The van der Waals surface area contributed by atoms with Crippen LogP contribution in [-0.2, 0) is 19.6 Å². The third-order valence-electron chi connectivity index (χ3n) is 6.23. The number of piperidine rings is 1. The largest absolute Gasteiger partial charge is 0.342 e. The number of halogens is 1. The van der Waals surface area contributed by atoms with Gasteiger partial charge in [-0.05, 0) is 56.4 Å². The third-order valence-corrected chi connectivity index (χ3v) is 8.14. The minimum Gasteiger partial charge on any atom is -0.342 e. The Balaban J connectivity index is 1.38. The van der Waals surface area contributed by atoms with Gasteiger partial charge >= 0.3 is 0 Å². The van der Waals surface area contributed by atoms with Gasteiger partial charge in [-0.1, -0.05) is 0 Å². The summed E-state index contributed by atoms with van der Waals surface area (Å²) in [5, 5.41) is 0. The van der Waals surface area contributed by atoms with Crippen molar-refractivity contribution in [3.63, 3.8) is 0 Å². The van der Waals surface area contributed by atoms with Crippen molar-refractivity contribution in [2.45, 2.75) is 37.0 Å². The Hall–Kier alpha value is -2.00. The van der Waals surface area contributed by atoms with Crippen molar-refractivity contribution in [3.8, 4) is 0 Å². The maximum atomic E-state index is 13.1. The van der Waals surface area contributed by atoms with Crippen LogP contribution >= 0.6 is 0 Å². The summed E-state index contributed by atoms with van der Waals surface area (Å²) in [6.07, 6.45) is 4.05. The van der Waals surface area contributed by atoms with Crippen molar-refractivity contribution in [1.82, 2.24) is 14.1 Å². The molecule has 1 aromatic rings. The average molecular weight is 438 g/mol. The molecular formula is C21H28FN3O4S. The zero-order valence-corrected chi connectivity index (χ0v) is 17.8. The molecule has 2 aliphatic heterocycles. The van der Waals surface area contributed by atoms with Gasteiger partial charge < -0.3 is 9.80 Å². The first-order valence-electron chi connectivity index (χ1n) is 10.7. The Labute approximate surface area is 176 Å². The predicted octanol–water partition coefficient (Wildman–Crippen LogP) is 1.70. The van der Waals surface area contributed by atoms with Crippen molar-refractivity contribution < 1.29 is 22.4 Å². The number of amides is 2. The minimum atomic E-state index is -3.72. The zero-order valence-electron chi connectivity index (χ0n) is 17.0. The van der Waals surface area contributed by atoms with Crippen LogP contribution in [0, 0.1) is 17.7 Å². The molecule has 0 spiro atoms. The lowest BCUT2D eigenvalue weighted by Gasteiger charge is -2.35. The van der Waals surface area contributed by atoms with Gasteiger partial charge in [-0.2, -0.15) is 4.31 Å². The summed E-state index contributed by atoms with van der Waals surface area (Å²) < 4.78 is 40.3. The van der Waals surface area contributed by atoms with Gasteiger partial charge in [0, 0.05) is 45.2 Å². The number of hydrogen-bond acceptors (Lipinski definition) is 4. The molecule has 1 aromatic carbocycles. The fraction of sp³-hybridized carbons (Fsp3) is 0.619. The molecule has 3 fully saturated rings. The fourth-order valence-electron chi connectivity index (χ4n) is 4.34. The van der Waals surface area contributed by atoms with Crippen LogP contribution in [0.1, 0.15) is 32.1 Å². The van der Waals surface area contributed by atoms with Crippen LogP contribution < -0.4 is 0 Å². The lowest BCUT2D eigenvalue weighted by atomic mass is 9.96. The lowest BCUT2D eigenvalue weighted by Crippen LogP contribution is -2.48. The third kappa shape index (κ3) is 4.51. The molecule has 0 N–H and O–H groups in total. The molecule has 9 heteroatoms. The van der Waals surface area contributed by atoms with Crippen LogP contribution in [0.15, 0.2) is 29.2 Å². The van der Waals surface area contributed by atoms with E-state index in [9.17, 15) is 22.4 Å². The number of carbonyl (C=O) groups excluding carboxylic acids is 2. The van der Waals surface area contributed by atoms with Gasteiger partial charge in [0.15, 0.2) is 0 Å². The number of sulfonamides is 1. The number of nitrogens with zero attached hydrogens (tertiary/aromatic N) is 3. The number of hydrogen-bond donors (Lipinski definition) is 0. The maximum Gasteiger partial charge on any atom is 0.243 e. The summed E-state index contributed by atoms with van der Waals surface area (Å²) in [6.45, 7) is 2.56. The van der Waals surface area contributed by atoms with Gasteiger partial charge in [0.25, 0.3) is 0 Å². The highest BCUT2D eigenvalue weighted by atomic mass is 32.2. The van der Waals surface area contributed by atoms with Crippen LogP contribution in [0.25, 0.3) is 0 Å². The number of carbonyl (C=O) groups is 2. The molecule has 2 saturated heterocycles. The van der Waals surface area contributed by atoms with E-state index in [0.29, 0.717) is 32.6 Å². The van der Waals surface area contributed by atoms with Crippen LogP contribution in [0.4, 0.5) is 4.39 Å². The monoisotopic (exact) mass is 437 g/mol. The van der Waals surface area contributed by atoms with E-state index in [2.05, 4.69) is 0 Å². The Morgan fingerprint density at radius 2 is 1.47 bits per heavy atom. The molecule has 0 radical (unpaired) electrons. The molecule has 2 heterocycles.